The number of halogens is 4. The average Bonchev–Trinajstić information content (AvgIpc) is 2.13. The highest BCUT2D eigenvalue weighted by Crippen LogP contribution is 2.30. The van der Waals surface area contributed by atoms with Gasteiger partial charge in [0.05, 0.1) is 0 Å². The van der Waals surface area contributed by atoms with Crippen molar-refractivity contribution in [3.8, 4) is 11.9 Å². The number of anilines is 1. The molecule has 1 aromatic heterocycles. The number of aromatic nitrogens is 1. The first-order chi connectivity index (χ1) is 8.04. The molecule has 11 heteroatoms. The van der Waals surface area contributed by atoms with Crippen LogP contribution in [-0.4, -0.2) is 19.8 Å². The monoisotopic (exact) mass is 301 g/mol. The maximum atomic E-state index is 12.0. The smallest absolute Gasteiger partial charge is 0.386 e. The van der Waals surface area contributed by atoms with Gasteiger partial charge in [-0.15, -0.1) is 13.2 Å². The third-order valence-electron chi connectivity index (χ3n) is 1.58. The van der Waals surface area contributed by atoms with Gasteiger partial charge in [-0.3, -0.25) is 0 Å². The van der Waals surface area contributed by atoms with Gasteiger partial charge in [-0.05, 0) is 6.07 Å². The lowest BCUT2D eigenvalue weighted by Gasteiger charge is -2.10. The van der Waals surface area contributed by atoms with Gasteiger partial charge in [-0.25, -0.2) is 8.42 Å². The molecule has 0 aliphatic heterocycles. The first-order valence-corrected chi connectivity index (χ1v) is 6.26. The molecule has 1 rings (SSSR count). The Bertz CT molecular complexity index is 623. The van der Waals surface area contributed by atoms with Crippen molar-refractivity contribution in [3.63, 3.8) is 0 Å². The van der Waals surface area contributed by atoms with Crippen LogP contribution >= 0.6 is 10.7 Å². The summed E-state index contributed by atoms with van der Waals surface area (Å²) in [4.78, 5) is 2.28. The van der Waals surface area contributed by atoms with Crippen molar-refractivity contribution in [1.29, 1.82) is 5.26 Å². The van der Waals surface area contributed by atoms with E-state index < -0.39 is 37.6 Å². The number of ether oxygens (including phenoxy) is 1. The molecule has 0 aromatic carbocycles. The second-order valence-corrected chi connectivity index (χ2v) is 5.36. The quantitative estimate of drug-likeness (QED) is 0.827. The van der Waals surface area contributed by atoms with E-state index in [1.807, 2.05) is 0 Å². The summed E-state index contributed by atoms with van der Waals surface area (Å²) < 4.78 is 61.3. The van der Waals surface area contributed by atoms with Crippen LogP contribution in [0.25, 0.3) is 0 Å². The van der Waals surface area contributed by atoms with Crippen molar-refractivity contribution in [3.05, 3.63) is 11.6 Å². The molecule has 2 N–H and O–H groups in total. The van der Waals surface area contributed by atoms with Crippen LogP contribution in [0, 0.1) is 11.3 Å². The van der Waals surface area contributed by atoms with E-state index in [-0.39, 0.29) is 0 Å². The number of nitriles is 1. The number of hydrogen-bond acceptors (Lipinski definition) is 6. The highest BCUT2D eigenvalue weighted by Gasteiger charge is 2.34. The van der Waals surface area contributed by atoms with E-state index in [4.69, 9.17) is 21.7 Å². The third-order valence-corrected chi connectivity index (χ3v) is 2.93. The molecule has 0 amide bonds. The summed E-state index contributed by atoms with van der Waals surface area (Å²) in [7, 11) is 0.628. The van der Waals surface area contributed by atoms with Gasteiger partial charge in [0, 0.05) is 10.7 Å². The van der Waals surface area contributed by atoms with Crippen LogP contribution in [0.5, 0.6) is 5.88 Å². The molecule has 0 fully saturated rings. The summed E-state index contributed by atoms with van der Waals surface area (Å²) in [5.74, 6) is -1.95. The zero-order valence-corrected chi connectivity index (χ0v) is 9.77. The number of hydrogen-bond donors (Lipinski definition) is 1. The minimum Gasteiger partial charge on any atom is -0.386 e. The van der Waals surface area contributed by atoms with Crippen molar-refractivity contribution in [2.45, 2.75) is 11.3 Å². The topological polar surface area (TPSA) is 106 Å². The Morgan fingerprint density at radius 1 is 1.50 bits per heavy atom. The van der Waals surface area contributed by atoms with E-state index in [0.717, 1.165) is 0 Å². The Labute approximate surface area is 103 Å². The Balaban J connectivity index is 3.43. The summed E-state index contributed by atoms with van der Waals surface area (Å²) in [5, 5.41) is 8.58. The normalized spacial score (nSPS) is 11.9. The molecule has 98 valence electrons. The maximum Gasteiger partial charge on any atom is 0.574 e. The van der Waals surface area contributed by atoms with Gasteiger partial charge in [0.1, 0.15) is 22.3 Å². The van der Waals surface area contributed by atoms with Gasteiger partial charge < -0.3 is 10.5 Å². The molecule has 1 aromatic rings. The molecular formula is C7H3ClF3N3O3S. The van der Waals surface area contributed by atoms with Crippen LogP contribution in [0.15, 0.2) is 11.0 Å². The van der Waals surface area contributed by atoms with Gasteiger partial charge in [0.25, 0.3) is 9.05 Å². The highest BCUT2D eigenvalue weighted by atomic mass is 35.7. The minimum absolute atomic E-state index is 0.547. The molecule has 6 nitrogen and oxygen atoms in total. The Morgan fingerprint density at radius 3 is 2.44 bits per heavy atom. The molecule has 0 unspecified atom stereocenters. The lowest BCUT2D eigenvalue weighted by Crippen LogP contribution is -2.19. The number of pyridine rings is 1. The predicted octanol–water partition coefficient (Wildman–Crippen LogP) is 1.36. The maximum absolute atomic E-state index is 12.0. The summed E-state index contributed by atoms with van der Waals surface area (Å²) in [5.41, 5.74) is 4.36. The molecule has 0 radical (unpaired) electrons. The van der Waals surface area contributed by atoms with Gasteiger partial charge >= 0.3 is 6.36 Å². The molecule has 0 aliphatic rings. The zero-order valence-electron chi connectivity index (χ0n) is 8.19. The van der Waals surface area contributed by atoms with E-state index in [1.165, 1.54) is 6.07 Å². The van der Waals surface area contributed by atoms with Crippen molar-refractivity contribution in [2.75, 3.05) is 5.73 Å². The summed E-state index contributed by atoms with van der Waals surface area (Å²) in [6.07, 6.45) is -5.09. The number of nitrogens with two attached hydrogens (primary N) is 1. The molecule has 0 saturated heterocycles. The molecule has 18 heavy (non-hydrogen) atoms. The zero-order chi connectivity index (χ0) is 14.1. The Kier molecular flexibility index (Phi) is 3.59. The van der Waals surface area contributed by atoms with Crippen LogP contribution in [-0.2, 0) is 9.05 Å². The number of rotatable bonds is 2. The lowest BCUT2D eigenvalue weighted by molar-refractivity contribution is -0.276. The van der Waals surface area contributed by atoms with Crippen molar-refractivity contribution in [2.24, 2.45) is 0 Å². The highest BCUT2D eigenvalue weighted by molar-refractivity contribution is 8.13. The Hall–Kier alpha value is -1.73. The largest absolute Gasteiger partial charge is 0.574 e. The summed E-state index contributed by atoms with van der Waals surface area (Å²) in [6.45, 7) is 0. The average molecular weight is 302 g/mol. The number of alkyl halides is 3. The molecule has 1 heterocycles. The number of nitrogens with zero attached hydrogens (tertiary/aromatic N) is 2. The van der Waals surface area contributed by atoms with Crippen LogP contribution in [0.1, 0.15) is 5.56 Å². The van der Waals surface area contributed by atoms with Crippen molar-refractivity contribution >= 4 is 25.6 Å². The SMILES string of the molecule is N#Cc1cc(S(=O)(=O)Cl)c(N)nc1OC(F)(F)F. The Morgan fingerprint density at radius 2 is 2.06 bits per heavy atom. The second kappa shape index (κ2) is 4.51. The molecule has 0 saturated carbocycles. The molecule has 0 atom stereocenters. The molecular weight excluding hydrogens is 299 g/mol. The lowest BCUT2D eigenvalue weighted by atomic mass is 10.3. The van der Waals surface area contributed by atoms with Crippen LogP contribution in [0.4, 0.5) is 19.0 Å². The van der Waals surface area contributed by atoms with E-state index >= 15 is 0 Å². The van der Waals surface area contributed by atoms with Crippen molar-refractivity contribution in [1.82, 2.24) is 4.98 Å². The van der Waals surface area contributed by atoms with E-state index in [2.05, 4.69) is 9.72 Å². The van der Waals surface area contributed by atoms with Crippen LogP contribution in [0.2, 0.25) is 0 Å². The fraction of sp³-hybridized carbons (Fsp3) is 0.143. The van der Waals surface area contributed by atoms with Gasteiger partial charge in [0.15, 0.2) is 0 Å². The van der Waals surface area contributed by atoms with E-state index in [1.54, 1.807) is 0 Å². The molecule has 0 spiro atoms. The van der Waals surface area contributed by atoms with Crippen LogP contribution in [0.3, 0.4) is 0 Å². The first kappa shape index (κ1) is 14.3. The first-order valence-electron chi connectivity index (χ1n) is 3.95. The summed E-state index contributed by atoms with van der Waals surface area (Å²) >= 11 is 0. The second-order valence-electron chi connectivity index (χ2n) is 2.82. The van der Waals surface area contributed by atoms with Crippen LogP contribution < -0.4 is 10.5 Å². The molecule has 0 aliphatic carbocycles. The fourth-order valence-corrected chi connectivity index (χ4v) is 1.88. The summed E-state index contributed by atoms with van der Waals surface area (Å²) in [6, 6.07) is 1.84. The predicted molar refractivity (Wildman–Crippen MR) is 53.1 cm³/mol. The van der Waals surface area contributed by atoms with Gasteiger partial charge in [0.2, 0.25) is 5.88 Å². The third kappa shape index (κ3) is 3.38. The van der Waals surface area contributed by atoms with Gasteiger partial charge in [-0.1, -0.05) is 0 Å². The van der Waals surface area contributed by atoms with Crippen molar-refractivity contribution < 1.29 is 26.3 Å². The van der Waals surface area contributed by atoms with E-state index in [9.17, 15) is 21.6 Å². The standard InChI is InChI=1S/C7H3ClF3N3O3S/c8-18(15,16)4-1-3(2-12)6(14-5(4)13)17-7(9,10)11/h1H,(H2,13,14). The van der Waals surface area contributed by atoms with Gasteiger partial charge in [-0.2, -0.15) is 10.2 Å². The molecule has 0 bridgehead atoms. The fourth-order valence-electron chi connectivity index (χ4n) is 0.954. The minimum atomic E-state index is -5.09. The number of nitrogen functional groups attached to an aromatic ring is 1. The van der Waals surface area contributed by atoms with E-state index in [0.29, 0.717) is 6.07 Å².